The first kappa shape index (κ1) is 17.6. The molecule has 0 bridgehead atoms. The molecular formula is C21H23ClN2O. The van der Waals surface area contributed by atoms with Crippen LogP contribution >= 0.6 is 11.6 Å². The van der Waals surface area contributed by atoms with Gasteiger partial charge >= 0.3 is 0 Å². The first-order valence-electron chi connectivity index (χ1n) is 8.45. The molecule has 3 aromatic rings. The molecule has 2 N–H and O–H groups in total. The lowest BCUT2D eigenvalue weighted by atomic mass is 9.88. The number of halogens is 1. The van der Waals surface area contributed by atoms with E-state index in [2.05, 4.69) is 31.1 Å². The van der Waals surface area contributed by atoms with Crippen molar-refractivity contribution in [2.75, 3.05) is 5.32 Å². The van der Waals surface area contributed by atoms with E-state index >= 15 is 0 Å². The van der Waals surface area contributed by atoms with Crippen molar-refractivity contribution in [1.29, 1.82) is 0 Å². The Morgan fingerprint density at radius 2 is 1.88 bits per heavy atom. The number of aromatic nitrogens is 1. The summed E-state index contributed by atoms with van der Waals surface area (Å²) in [6, 6.07) is 13.3. The summed E-state index contributed by atoms with van der Waals surface area (Å²) in [6.45, 7) is 6.63. The highest BCUT2D eigenvalue weighted by molar-refractivity contribution is 6.31. The van der Waals surface area contributed by atoms with E-state index in [1.54, 1.807) is 12.3 Å². The molecule has 0 aliphatic rings. The van der Waals surface area contributed by atoms with Crippen molar-refractivity contribution >= 4 is 33.9 Å². The predicted octanol–water partition coefficient (Wildman–Crippen LogP) is 6.32. The summed E-state index contributed by atoms with van der Waals surface area (Å²) >= 11 is 6.05. The van der Waals surface area contributed by atoms with Gasteiger partial charge in [0.05, 0.1) is 5.52 Å². The average Bonchev–Trinajstić information content (AvgIpc) is 2.54. The van der Waals surface area contributed by atoms with Crippen LogP contribution in [-0.4, -0.2) is 10.1 Å². The smallest absolute Gasteiger partial charge is 0.118 e. The highest BCUT2D eigenvalue weighted by atomic mass is 35.5. The second-order valence-corrected chi connectivity index (χ2v) is 7.99. The lowest BCUT2D eigenvalue weighted by Crippen LogP contribution is -2.06. The van der Waals surface area contributed by atoms with Crippen LogP contribution in [0.15, 0.2) is 48.7 Å². The largest absolute Gasteiger partial charge is 0.508 e. The van der Waals surface area contributed by atoms with Gasteiger partial charge < -0.3 is 10.4 Å². The van der Waals surface area contributed by atoms with E-state index in [1.807, 2.05) is 36.4 Å². The van der Waals surface area contributed by atoms with Gasteiger partial charge in [-0.2, -0.15) is 0 Å². The van der Waals surface area contributed by atoms with Crippen LogP contribution < -0.4 is 5.32 Å². The monoisotopic (exact) mass is 354 g/mol. The summed E-state index contributed by atoms with van der Waals surface area (Å²) < 4.78 is 0. The Hall–Kier alpha value is -2.26. The van der Waals surface area contributed by atoms with Gasteiger partial charge in [0.2, 0.25) is 0 Å². The highest BCUT2D eigenvalue weighted by Gasteiger charge is 2.12. The number of rotatable bonds is 4. The van der Waals surface area contributed by atoms with Crippen LogP contribution in [0.2, 0.25) is 5.02 Å². The zero-order valence-corrected chi connectivity index (χ0v) is 15.6. The van der Waals surface area contributed by atoms with E-state index in [4.69, 9.17) is 11.6 Å². The number of anilines is 2. The lowest BCUT2D eigenvalue weighted by molar-refractivity contribution is 0.374. The Balaban J connectivity index is 1.88. The van der Waals surface area contributed by atoms with Crippen LogP contribution in [0, 0.1) is 5.41 Å². The zero-order valence-electron chi connectivity index (χ0n) is 14.8. The Morgan fingerprint density at radius 3 is 2.64 bits per heavy atom. The van der Waals surface area contributed by atoms with Crippen molar-refractivity contribution in [3.8, 4) is 5.75 Å². The molecule has 0 radical (unpaired) electrons. The van der Waals surface area contributed by atoms with Crippen molar-refractivity contribution in [1.82, 2.24) is 4.98 Å². The first-order chi connectivity index (χ1) is 11.8. The molecule has 0 atom stereocenters. The van der Waals surface area contributed by atoms with Gasteiger partial charge in [0.1, 0.15) is 5.75 Å². The molecule has 1 aromatic heterocycles. The normalized spacial score (nSPS) is 11.7. The van der Waals surface area contributed by atoms with Crippen LogP contribution in [-0.2, 0) is 6.42 Å². The zero-order chi connectivity index (χ0) is 18.0. The summed E-state index contributed by atoms with van der Waals surface area (Å²) in [5.41, 5.74) is 3.96. The fraction of sp³-hybridized carbons (Fsp3) is 0.286. The van der Waals surface area contributed by atoms with E-state index in [0.717, 1.165) is 40.7 Å². The number of phenols is 1. The Labute approximate surface area is 153 Å². The minimum absolute atomic E-state index is 0.233. The number of aryl methyl sites for hydroxylation is 1. The standard InChI is InChI=1S/C21H23ClN2O/c1-21(2,3)10-8-14-12-16(5-7-20(14)25)24-18-9-11-23-19-13-15(22)4-6-17(18)19/h4-7,9,11-13,25H,8,10H2,1-3H3,(H,23,24). The van der Waals surface area contributed by atoms with E-state index in [-0.39, 0.29) is 5.41 Å². The number of phenolic OH excluding ortho intramolecular Hbond substituents is 1. The molecular weight excluding hydrogens is 332 g/mol. The van der Waals surface area contributed by atoms with E-state index in [1.165, 1.54) is 0 Å². The van der Waals surface area contributed by atoms with Crippen LogP contribution in [0.3, 0.4) is 0 Å². The molecule has 0 saturated carbocycles. The number of hydrogen-bond acceptors (Lipinski definition) is 3. The third-order valence-corrected chi connectivity index (χ3v) is 4.44. The van der Waals surface area contributed by atoms with Gasteiger partial charge in [0.15, 0.2) is 0 Å². The molecule has 0 amide bonds. The molecule has 0 saturated heterocycles. The van der Waals surface area contributed by atoms with Gasteiger partial charge in [-0.3, -0.25) is 4.98 Å². The molecule has 0 unspecified atom stereocenters. The Kier molecular flexibility index (Phi) is 4.87. The molecule has 0 aliphatic carbocycles. The molecule has 3 rings (SSSR count). The highest BCUT2D eigenvalue weighted by Crippen LogP contribution is 2.31. The summed E-state index contributed by atoms with van der Waals surface area (Å²) in [5.74, 6) is 0.348. The van der Waals surface area contributed by atoms with Crippen molar-refractivity contribution in [3.05, 3.63) is 59.2 Å². The second-order valence-electron chi connectivity index (χ2n) is 7.55. The quantitative estimate of drug-likeness (QED) is 0.539. The van der Waals surface area contributed by atoms with Gasteiger partial charge in [-0.15, -0.1) is 0 Å². The Morgan fingerprint density at radius 1 is 1.08 bits per heavy atom. The van der Waals surface area contributed by atoms with Crippen LogP contribution in [0.25, 0.3) is 10.9 Å². The molecule has 4 heteroatoms. The molecule has 1 heterocycles. The number of benzene rings is 2. The number of hydrogen-bond donors (Lipinski definition) is 2. The van der Waals surface area contributed by atoms with Crippen LogP contribution in [0.5, 0.6) is 5.75 Å². The number of nitrogens with zero attached hydrogens (tertiary/aromatic N) is 1. The molecule has 25 heavy (non-hydrogen) atoms. The number of fused-ring (bicyclic) bond motifs is 1. The van der Waals surface area contributed by atoms with Crippen molar-refractivity contribution < 1.29 is 5.11 Å². The van der Waals surface area contributed by atoms with Gasteiger partial charge in [-0.1, -0.05) is 32.4 Å². The summed E-state index contributed by atoms with van der Waals surface area (Å²) in [6.07, 6.45) is 3.63. The third-order valence-electron chi connectivity index (χ3n) is 4.21. The second kappa shape index (κ2) is 6.93. The molecule has 3 nitrogen and oxygen atoms in total. The maximum Gasteiger partial charge on any atom is 0.118 e. The number of pyridine rings is 1. The molecule has 0 aliphatic heterocycles. The van der Waals surface area contributed by atoms with Gasteiger partial charge in [-0.05, 0) is 66.3 Å². The maximum absolute atomic E-state index is 10.1. The van der Waals surface area contributed by atoms with Gasteiger partial charge in [0.25, 0.3) is 0 Å². The van der Waals surface area contributed by atoms with Crippen molar-refractivity contribution in [3.63, 3.8) is 0 Å². The van der Waals surface area contributed by atoms with Gasteiger partial charge in [0, 0.05) is 28.0 Å². The lowest BCUT2D eigenvalue weighted by Gasteiger charge is -2.18. The number of nitrogens with one attached hydrogen (secondary N) is 1. The minimum atomic E-state index is 0.233. The van der Waals surface area contributed by atoms with Gasteiger partial charge in [-0.25, -0.2) is 0 Å². The van der Waals surface area contributed by atoms with Crippen molar-refractivity contribution in [2.24, 2.45) is 5.41 Å². The topological polar surface area (TPSA) is 45.2 Å². The number of aromatic hydroxyl groups is 1. The van der Waals surface area contributed by atoms with Crippen LogP contribution in [0.4, 0.5) is 11.4 Å². The van der Waals surface area contributed by atoms with Crippen LogP contribution in [0.1, 0.15) is 32.8 Å². The molecule has 2 aromatic carbocycles. The fourth-order valence-electron chi connectivity index (χ4n) is 2.76. The molecule has 130 valence electrons. The SMILES string of the molecule is CC(C)(C)CCc1cc(Nc2ccnc3cc(Cl)ccc23)ccc1O. The summed E-state index contributed by atoms with van der Waals surface area (Å²) in [4.78, 5) is 4.37. The minimum Gasteiger partial charge on any atom is -0.508 e. The average molecular weight is 355 g/mol. The van der Waals surface area contributed by atoms with Crippen molar-refractivity contribution in [2.45, 2.75) is 33.6 Å². The van der Waals surface area contributed by atoms with E-state index in [0.29, 0.717) is 10.8 Å². The van der Waals surface area contributed by atoms with E-state index < -0.39 is 0 Å². The summed E-state index contributed by atoms with van der Waals surface area (Å²) in [5, 5.41) is 15.3. The fourth-order valence-corrected chi connectivity index (χ4v) is 2.93. The third kappa shape index (κ3) is 4.43. The summed E-state index contributed by atoms with van der Waals surface area (Å²) in [7, 11) is 0. The maximum atomic E-state index is 10.1. The van der Waals surface area contributed by atoms with E-state index in [9.17, 15) is 5.11 Å². The molecule has 0 fully saturated rings. The molecule has 0 spiro atoms. The predicted molar refractivity (Wildman–Crippen MR) is 106 cm³/mol. The Bertz CT molecular complexity index is 900. The first-order valence-corrected chi connectivity index (χ1v) is 8.83.